The highest BCUT2D eigenvalue weighted by Crippen LogP contribution is 2.44. The molecule has 0 fully saturated rings. The second-order valence-corrected chi connectivity index (χ2v) is 13.1. The van der Waals surface area contributed by atoms with Gasteiger partial charge in [0.2, 0.25) is 0 Å². The van der Waals surface area contributed by atoms with Gasteiger partial charge in [-0.05, 0) is 67.9 Å². The van der Waals surface area contributed by atoms with E-state index in [1.807, 2.05) is 43.3 Å². The van der Waals surface area contributed by atoms with Gasteiger partial charge in [0, 0.05) is 45.6 Å². The van der Waals surface area contributed by atoms with Crippen molar-refractivity contribution in [1.29, 1.82) is 0 Å². The van der Waals surface area contributed by atoms with Gasteiger partial charge >= 0.3 is 12.1 Å². The summed E-state index contributed by atoms with van der Waals surface area (Å²) in [5.41, 5.74) is 2.50. The number of fused-ring (bicyclic) bond motifs is 2. The first-order valence-corrected chi connectivity index (χ1v) is 16.0. The molecule has 0 bridgehead atoms. The van der Waals surface area contributed by atoms with Gasteiger partial charge in [0.15, 0.2) is 0 Å². The Labute approximate surface area is 264 Å². The number of nitrogens with one attached hydrogen (secondary N) is 2. The van der Waals surface area contributed by atoms with Crippen molar-refractivity contribution in [3.63, 3.8) is 0 Å². The van der Waals surface area contributed by atoms with Crippen LogP contribution in [0.2, 0.25) is 0 Å². The summed E-state index contributed by atoms with van der Waals surface area (Å²) in [5, 5.41) is 8.70. The van der Waals surface area contributed by atoms with Gasteiger partial charge in [-0.2, -0.15) is 13.2 Å². The van der Waals surface area contributed by atoms with Crippen molar-refractivity contribution in [3.05, 3.63) is 88.9 Å². The molecule has 3 aromatic carbocycles. The van der Waals surface area contributed by atoms with Crippen molar-refractivity contribution < 1.29 is 32.3 Å². The second kappa shape index (κ2) is 13.7. The van der Waals surface area contributed by atoms with Crippen molar-refractivity contribution in [1.82, 2.24) is 15.2 Å². The van der Waals surface area contributed by atoms with Gasteiger partial charge < -0.3 is 20.3 Å². The molecule has 2 heterocycles. The maximum absolute atomic E-state index is 13.0. The predicted molar refractivity (Wildman–Crippen MR) is 169 cm³/mol. The molecular formula is C32H29F3N4O4S2. The van der Waals surface area contributed by atoms with E-state index < -0.39 is 22.6 Å². The Kier molecular flexibility index (Phi) is 9.68. The van der Waals surface area contributed by atoms with Gasteiger partial charge in [-0.15, -0.1) is 21.8 Å². The number of ether oxygens (including phenoxy) is 1. The summed E-state index contributed by atoms with van der Waals surface area (Å²) in [6.45, 7) is 2.31. The highest BCUT2D eigenvalue weighted by molar-refractivity contribution is 8.15. The lowest BCUT2D eigenvalue weighted by atomic mass is 10.1. The lowest BCUT2D eigenvalue weighted by Crippen LogP contribution is -2.39. The molecule has 0 saturated carbocycles. The fraction of sp³-hybridized carbons (Fsp3) is 0.219. The molecule has 2 N–H and O–H groups in total. The maximum Gasteiger partial charge on any atom is 0.471 e. The Morgan fingerprint density at radius 1 is 1.09 bits per heavy atom. The SMILES string of the molecule is C/C=S1/c2ccc(C(=O)NCc3cnc(-c4ccc(OCCCN(C)C(=O)C(F)(F)F)cc4)s3)cc2NC(=O)c2ccccc21. The molecule has 0 spiro atoms. The highest BCUT2D eigenvalue weighted by Gasteiger charge is 2.40. The number of aromatic nitrogens is 1. The van der Waals surface area contributed by atoms with Crippen LogP contribution in [-0.2, 0) is 11.3 Å². The number of thiazole rings is 1. The third-order valence-corrected chi connectivity index (χ3v) is 10.1. The number of benzene rings is 3. The number of amides is 3. The van der Waals surface area contributed by atoms with E-state index in [4.69, 9.17) is 4.74 Å². The van der Waals surface area contributed by atoms with Crippen LogP contribution in [0, 0.1) is 0 Å². The minimum Gasteiger partial charge on any atom is -0.494 e. The summed E-state index contributed by atoms with van der Waals surface area (Å²) in [7, 11) is 0.683. The Bertz CT molecular complexity index is 1770. The number of nitrogens with zero attached hydrogens (tertiary/aromatic N) is 2. The van der Waals surface area contributed by atoms with Crippen LogP contribution in [0.3, 0.4) is 0 Å². The topological polar surface area (TPSA) is 101 Å². The van der Waals surface area contributed by atoms with Crippen molar-refractivity contribution >= 4 is 50.6 Å². The third-order valence-electron chi connectivity index (χ3n) is 6.90. The van der Waals surface area contributed by atoms with Crippen LogP contribution >= 0.6 is 21.8 Å². The third kappa shape index (κ3) is 7.43. The van der Waals surface area contributed by atoms with Crippen LogP contribution in [0.15, 0.2) is 82.7 Å². The van der Waals surface area contributed by atoms with Crippen molar-refractivity contribution in [3.8, 4) is 16.3 Å². The zero-order valence-corrected chi connectivity index (χ0v) is 25.9. The number of alkyl halides is 3. The maximum atomic E-state index is 13.0. The summed E-state index contributed by atoms with van der Waals surface area (Å²) in [4.78, 5) is 45.0. The van der Waals surface area contributed by atoms with E-state index in [9.17, 15) is 27.6 Å². The Hall–Kier alpha value is -4.49. The zero-order valence-electron chi connectivity index (χ0n) is 24.3. The molecule has 0 saturated heterocycles. The first-order chi connectivity index (χ1) is 21.5. The quantitative estimate of drug-likeness (QED) is 0.156. The monoisotopic (exact) mass is 654 g/mol. The molecule has 1 atom stereocenters. The number of hydrogen-bond donors (Lipinski definition) is 2. The molecule has 13 heteroatoms. The van der Waals surface area contributed by atoms with Crippen molar-refractivity contribution in [2.45, 2.75) is 35.9 Å². The van der Waals surface area contributed by atoms with E-state index in [0.717, 1.165) is 32.3 Å². The van der Waals surface area contributed by atoms with Crippen LogP contribution in [0.5, 0.6) is 5.75 Å². The Morgan fingerprint density at radius 2 is 1.84 bits per heavy atom. The lowest BCUT2D eigenvalue weighted by molar-refractivity contribution is -0.184. The van der Waals surface area contributed by atoms with Crippen LogP contribution in [0.25, 0.3) is 10.6 Å². The summed E-state index contributed by atoms with van der Waals surface area (Å²) < 4.78 is 43.0. The van der Waals surface area contributed by atoms with Gasteiger partial charge in [0.05, 0.1) is 24.4 Å². The number of carbonyl (C=O) groups is 3. The van der Waals surface area contributed by atoms with Gasteiger partial charge in [-0.25, -0.2) is 4.98 Å². The fourth-order valence-corrected chi connectivity index (χ4v) is 7.45. The molecule has 8 nitrogen and oxygen atoms in total. The van der Waals surface area contributed by atoms with Crippen LogP contribution in [0.1, 0.15) is 38.9 Å². The predicted octanol–water partition coefficient (Wildman–Crippen LogP) is 6.60. The number of anilines is 1. The summed E-state index contributed by atoms with van der Waals surface area (Å²) in [6, 6.07) is 20.0. The van der Waals surface area contributed by atoms with E-state index >= 15 is 0 Å². The zero-order chi connectivity index (χ0) is 32.1. The summed E-state index contributed by atoms with van der Waals surface area (Å²) >= 11 is 1.42. The fourth-order valence-electron chi connectivity index (χ4n) is 4.66. The summed E-state index contributed by atoms with van der Waals surface area (Å²) in [5.74, 6) is -1.82. The van der Waals surface area contributed by atoms with Crippen molar-refractivity contribution in [2.24, 2.45) is 0 Å². The van der Waals surface area contributed by atoms with E-state index in [-0.39, 0.29) is 37.9 Å². The van der Waals surface area contributed by atoms with Crippen LogP contribution < -0.4 is 15.4 Å². The summed E-state index contributed by atoms with van der Waals surface area (Å²) in [6.07, 6.45) is -2.95. The number of halogens is 3. The minimum absolute atomic E-state index is 0.0783. The molecule has 234 valence electrons. The molecule has 4 aromatic rings. The normalized spacial score (nSPS) is 14.2. The Balaban J connectivity index is 1.15. The molecule has 3 amide bonds. The first-order valence-electron chi connectivity index (χ1n) is 13.9. The number of carbonyl (C=O) groups excluding carboxylic acids is 3. The van der Waals surface area contributed by atoms with Crippen LogP contribution in [0.4, 0.5) is 18.9 Å². The van der Waals surface area contributed by atoms with E-state index in [2.05, 4.69) is 21.0 Å². The largest absolute Gasteiger partial charge is 0.494 e. The molecule has 1 aliphatic rings. The van der Waals surface area contributed by atoms with E-state index in [1.165, 1.54) is 11.3 Å². The molecule has 1 aromatic heterocycles. The van der Waals surface area contributed by atoms with Gasteiger partial charge in [0.25, 0.3) is 11.8 Å². The van der Waals surface area contributed by atoms with Crippen molar-refractivity contribution in [2.75, 3.05) is 25.5 Å². The van der Waals surface area contributed by atoms with E-state index in [0.29, 0.717) is 27.5 Å². The average Bonchev–Trinajstić information content (AvgIpc) is 3.47. The minimum atomic E-state index is -4.89. The molecule has 45 heavy (non-hydrogen) atoms. The molecule has 1 unspecified atom stereocenters. The average molecular weight is 655 g/mol. The van der Waals surface area contributed by atoms with Crippen LogP contribution in [-0.4, -0.2) is 59.3 Å². The van der Waals surface area contributed by atoms with Gasteiger partial charge in [-0.3, -0.25) is 14.4 Å². The van der Waals surface area contributed by atoms with E-state index in [1.54, 1.807) is 36.5 Å². The molecular weight excluding hydrogens is 626 g/mol. The molecule has 0 aliphatic carbocycles. The number of hydrogen-bond acceptors (Lipinski definition) is 6. The van der Waals surface area contributed by atoms with Gasteiger partial charge in [-0.1, -0.05) is 17.5 Å². The number of rotatable bonds is 9. The first kappa shape index (κ1) is 31.9. The molecule has 1 aliphatic heterocycles. The second-order valence-electron chi connectivity index (χ2n) is 10.00. The molecule has 5 rings (SSSR count). The standard InChI is InChI=1S/C32H29F3N4O4S2/c1-3-45-26-8-5-4-7-24(26)29(41)38-25-17-21(11-14-27(25)45)28(40)36-18-23-19-37-30(44-23)20-9-12-22(13-10-20)43-16-6-15-39(2)31(42)32(33,34)35/h3-5,7-14,17,19H,6,15-16,18H2,1-2H3,(H,36,40)(H,38,41). The highest BCUT2D eigenvalue weighted by atomic mass is 32.2. The lowest BCUT2D eigenvalue weighted by Gasteiger charge is -2.18. The smallest absolute Gasteiger partial charge is 0.471 e. The molecule has 0 radical (unpaired) electrons. The van der Waals surface area contributed by atoms with Gasteiger partial charge in [0.1, 0.15) is 10.8 Å². The Morgan fingerprint density at radius 3 is 2.58 bits per heavy atom.